The van der Waals surface area contributed by atoms with Crippen molar-refractivity contribution in [3.8, 4) is 0 Å². The molecule has 2 aliphatic heterocycles. The second-order valence-electron chi connectivity index (χ2n) is 7.50. The Kier molecular flexibility index (Phi) is 5.40. The second kappa shape index (κ2) is 7.95. The van der Waals surface area contributed by atoms with E-state index in [-0.39, 0.29) is 24.1 Å². The number of rotatable bonds is 3. The van der Waals surface area contributed by atoms with Crippen LogP contribution in [0, 0.1) is 0 Å². The summed E-state index contributed by atoms with van der Waals surface area (Å²) in [7, 11) is 0. The Balaban J connectivity index is 1.53. The number of nitrogens with zero attached hydrogens (tertiary/aromatic N) is 3. The summed E-state index contributed by atoms with van der Waals surface area (Å²) in [6.07, 6.45) is 5.08. The van der Waals surface area contributed by atoms with Gasteiger partial charge in [-0.3, -0.25) is 14.7 Å². The zero-order valence-electron chi connectivity index (χ0n) is 15.9. The van der Waals surface area contributed by atoms with E-state index in [4.69, 9.17) is 16.3 Å². The Morgan fingerprint density at radius 2 is 1.96 bits per heavy atom. The number of aromatic nitrogens is 1. The van der Waals surface area contributed by atoms with Crippen LogP contribution in [0.25, 0.3) is 10.9 Å². The van der Waals surface area contributed by atoms with E-state index >= 15 is 0 Å². The highest BCUT2D eigenvalue weighted by Gasteiger charge is 2.42. The van der Waals surface area contributed by atoms with Crippen LogP contribution in [0.4, 0.5) is 4.79 Å². The van der Waals surface area contributed by atoms with Crippen molar-refractivity contribution in [3.63, 3.8) is 0 Å². The summed E-state index contributed by atoms with van der Waals surface area (Å²) in [6, 6.07) is 7.22. The van der Waals surface area contributed by atoms with Crippen LogP contribution in [0.5, 0.6) is 0 Å². The van der Waals surface area contributed by atoms with E-state index < -0.39 is 0 Å². The van der Waals surface area contributed by atoms with Gasteiger partial charge in [0, 0.05) is 30.2 Å². The predicted octanol–water partition coefficient (Wildman–Crippen LogP) is 4.11. The molecule has 2 aliphatic rings. The maximum Gasteiger partial charge on any atom is 0.410 e. The van der Waals surface area contributed by atoms with Gasteiger partial charge < -0.3 is 9.64 Å². The zero-order chi connectivity index (χ0) is 19.7. The number of carbonyl (C=O) groups excluding carboxylic acids is 2. The highest BCUT2D eigenvalue weighted by molar-refractivity contribution is 6.35. The molecule has 0 radical (unpaired) electrons. The van der Waals surface area contributed by atoms with E-state index in [1.165, 1.54) is 0 Å². The maximum absolute atomic E-state index is 13.1. The van der Waals surface area contributed by atoms with Gasteiger partial charge in [-0.25, -0.2) is 4.79 Å². The number of halogens is 1. The predicted molar refractivity (Wildman–Crippen MR) is 108 cm³/mol. The smallest absolute Gasteiger partial charge is 0.410 e. The standard InChI is InChI=1S/C21H24ClN3O3/c1-2-10-28-21(27)25-15-4-3-5-16(25)13-24(12-15)20(26)14-6-7-17-18(22)8-9-23-19(17)11-14/h6-9,11,15-16H,2-5,10,12-13H2,1H3. The molecule has 1 aromatic heterocycles. The van der Waals surface area contributed by atoms with Crippen molar-refractivity contribution in [1.29, 1.82) is 0 Å². The third-order valence-electron chi connectivity index (χ3n) is 5.59. The third kappa shape index (κ3) is 3.53. The number of amides is 2. The fraction of sp³-hybridized carbons (Fsp3) is 0.476. The quantitative estimate of drug-likeness (QED) is 0.776. The van der Waals surface area contributed by atoms with Gasteiger partial charge in [0.2, 0.25) is 0 Å². The molecule has 6 nitrogen and oxygen atoms in total. The van der Waals surface area contributed by atoms with Crippen LogP contribution in [0.15, 0.2) is 30.5 Å². The van der Waals surface area contributed by atoms with Crippen molar-refractivity contribution in [3.05, 3.63) is 41.0 Å². The topological polar surface area (TPSA) is 62.7 Å². The van der Waals surface area contributed by atoms with Gasteiger partial charge in [-0.15, -0.1) is 0 Å². The number of benzene rings is 1. The number of fused-ring (bicyclic) bond motifs is 3. The molecular weight excluding hydrogens is 378 g/mol. The molecule has 2 amide bonds. The lowest BCUT2D eigenvalue weighted by molar-refractivity contribution is -0.00672. The van der Waals surface area contributed by atoms with Gasteiger partial charge in [-0.1, -0.05) is 24.6 Å². The van der Waals surface area contributed by atoms with Crippen LogP contribution in [-0.4, -0.2) is 58.6 Å². The number of pyridine rings is 1. The van der Waals surface area contributed by atoms with Gasteiger partial charge in [0.1, 0.15) is 0 Å². The van der Waals surface area contributed by atoms with E-state index in [1.807, 2.05) is 22.8 Å². The van der Waals surface area contributed by atoms with Crippen molar-refractivity contribution in [2.75, 3.05) is 19.7 Å². The molecule has 0 spiro atoms. The first kappa shape index (κ1) is 19.0. The lowest BCUT2D eigenvalue weighted by atomic mass is 9.91. The lowest BCUT2D eigenvalue weighted by Crippen LogP contribution is -2.63. The molecule has 2 saturated heterocycles. The van der Waals surface area contributed by atoms with Gasteiger partial charge in [0.25, 0.3) is 5.91 Å². The van der Waals surface area contributed by atoms with Gasteiger partial charge in [-0.05, 0) is 43.9 Å². The van der Waals surface area contributed by atoms with Gasteiger partial charge in [0.15, 0.2) is 0 Å². The van der Waals surface area contributed by atoms with Crippen molar-refractivity contribution in [2.24, 2.45) is 0 Å². The molecule has 28 heavy (non-hydrogen) atoms. The van der Waals surface area contributed by atoms with Crippen LogP contribution in [0.2, 0.25) is 5.02 Å². The number of piperazine rings is 1. The minimum absolute atomic E-state index is 0.0221. The van der Waals surface area contributed by atoms with E-state index in [0.29, 0.717) is 35.8 Å². The molecule has 148 valence electrons. The minimum atomic E-state index is -0.242. The third-order valence-corrected chi connectivity index (χ3v) is 5.92. The summed E-state index contributed by atoms with van der Waals surface area (Å²) in [4.78, 5) is 33.7. The first-order chi connectivity index (χ1) is 13.6. The van der Waals surface area contributed by atoms with Crippen LogP contribution in [0.3, 0.4) is 0 Å². The monoisotopic (exact) mass is 401 g/mol. The molecule has 1 aromatic carbocycles. The summed E-state index contributed by atoms with van der Waals surface area (Å²) in [6.45, 7) is 3.50. The average molecular weight is 402 g/mol. The number of likely N-dealkylation sites (tertiary alicyclic amines) is 1. The number of carbonyl (C=O) groups is 2. The van der Waals surface area contributed by atoms with Crippen LogP contribution in [-0.2, 0) is 4.74 Å². The van der Waals surface area contributed by atoms with Crippen LogP contribution < -0.4 is 0 Å². The molecule has 2 aromatic rings. The Morgan fingerprint density at radius 1 is 1.21 bits per heavy atom. The largest absolute Gasteiger partial charge is 0.449 e. The molecule has 2 bridgehead atoms. The van der Waals surface area contributed by atoms with E-state index in [0.717, 1.165) is 31.1 Å². The lowest BCUT2D eigenvalue weighted by Gasteiger charge is -2.49. The summed E-state index contributed by atoms with van der Waals surface area (Å²) < 4.78 is 5.37. The second-order valence-corrected chi connectivity index (χ2v) is 7.90. The fourth-order valence-electron chi connectivity index (χ4n) is 4.26. The van der Waals surface area contributed by atoms with Crippen LogP contribution >= 0.6 is 11.6 Å². The molecule has 2 unspecified atom stereocenters. The highest BCUT2D eigenvalue weighted by Crippen LogP contribution is 2.31. The Morgan fingerprint density at radius 3 is 2.68 bits per heavy atom. The van der Waals surface area contributed by atoms with E-state index in [2.05, 4.69) is 4.98 Å². The Labute approximate surface area is 169 Å². The number of piperidine rings is 1. The van der Waals surface area contributed by atoms with E-state index in [9.17, 15) is 9.59 Å². The number of hydrogen-bond acceptors (Lipinski definition) is 4. The molecule has 0 saturated carbocycles. The summed E-state index contributed by atoms with van der Waals surface area (Å²) in [5.74, 6) is -0.0258. The molecule has 3 heterocycles. The molecule has 0 N–H and O–H groups in total. The number of hydrogen-bond donors (Lipinski definition) is 0. The molecule has 2 fully saturated rings. The van der Waals surface area contributed by atoms with Crippen molar-refractivity contribution < 1.29 is 14.3 Å². The summed E-state index contributed by atoms with van der Waals surface area (Å²) in [5, 5.41) is 1.46. The maximum atomic E-state index is 13.1. The van der Waals surface area contributed by atoms with E-state index in [1.54, 1.807) is 24.4 Å². The SMILES string of the molecule is CCCOC(=O)N1C2CCCC1CN(C(=O)c1ccc3c(Cl)ccnc3c1)C2. The molecule has 4 rings (SSSR count). The number of ether oxygens (including phenoxy) is 1. The highest BCUT2D eigenvalue weighted by atomic mass is 35.5. The molecule has 2 atom stereocenters. The average Bonchev–Trinajstić information content (AvgIpc) is 2.70. The summed E-state index contributed by atoms with van der Waals surface area (Å²) in [5.41, 5.74) is 1.31. The van der Waals surface area contributed by atoms with Crippen molar-refractivity contribution >= 4 is 34.5 Å². The molecule has 7 heteroatoms. The Hall–Kier alpha value is -2.34. The first-order valence-electron chi connectivity index (χ1n) is 9.87. The fourth-order valence-corrected chi connectivity index (χ4v) is 4.48. The van der Waals surface area contributed by atoms with Gasteiger partial charge >= 0.3 is 6.09 Å². The zero-order valence-corrected chi connectivity index (χ0v) is 16.7. The first-order valence-corrected chi connectivity index (χ1v) is 10.2. The normalized spacial score (nSPS) is 21.6. The molecular formula is C21H24ClN3O3. The minimum Gasteiger partial charge on any atom is -0.449 e. The van der Waals surface area contributed by atoms with Gasteiger partial charge in [-0.2, -0.15) is 0 Å². The van der Waals surface area contributed by atoms with Gasteiger partial charge in [0.05, 0.1) is 29.2 Å². The van der Waals surface area contributed by atoms with Crippen molar-refractivity contribution in [2.45, 2.75) is 44.7 Å². The Bertz CT molecular complexity index is 890. The molecule has 0 aliphatic carbocycles. The summed E-state index contributed by atoms with van der Waals surface area (Å²) >= 11 is 6.20. The van der Waals surface area contributed by atoms with Crippen LogP contribution in [0.1, 0.15) is 43.0 Å². The van der Waals surface area contributed by atoms with Crippen molar-refractivity contribution in [1.82, 2.24) is 14.8 Å².